The second kappa shape index (κ2) is 9.19. The third-order valence-corrected chi connectivity index (χ3v) is 5.74. The molecule has 2 aliphatic rings. The maximum Gasteiger partial charge on any atom is 0.229 e. The first-order valence-electron chi connectivity index (χ1n) is 9.67. The highest BCUT2D eigenvalue weighted by Gasteiger charge is 2.51. The molecule has 0 aromatic heterocycles. The van der Waals surface area contributed by atoms with Gasteiger partial charge in [-0.15, -0.1) is 0 Å². The van der Waals surface area contributed by atoms with Crippen molar-refractivity contribution in [3.8, 4) is 5.75 Å². The number of nitrogens with one attached hydrogen (secondary N) is 1. The molecule has 8 nitrogen and oxygen atoms in total. The van der Waals surface area contributed by atoms with Crippen molar-refractivity contribution in [2.24, 2.45) is 5.41 Å². The van der Waals surface area contributed by atoms with Crippen LogP contribution in [0.5, 0.6) is 5.75 Å². The van der Waals surface area contributed by atoms with Gasteiger partial charge in [-0.1, -0.05) is 12.1 Å². The number of carbonyl (C=O) groups is 1. The van der Waals surface area contributed by atoms with Crippen LogP contribution < -0.4 is 10.1 Å². The summed E-state index contributed by atoms with van der Waals surface area (Å²) in [6, 6.07) is 6.80. The number of aliphatic hydroxyl groups is 3. The van der Waals surface area contributed by atoms with Gasteiger partial charge >= 0.3 is 0 Å². The van der Waals surface area contributed by atoms with Crippen molar-refractivity contribution in [2.45, 2.75) is 31.0 Å². The molecule has 0 spiro atoms. The zero-order valence-corrected chi connectivity index (χ0v) is 16.2. The Bertz CT molecular complexity index is 660. The van der Waals surface area contributed by atoms with Crippen LogP contribution in [0.25, 0.3) is 0 Å². The fraction of sp³-hybridized carbons (Fsp3) is 0.650. The Morgan fingerprint density at radius 2 is 2.14 bits per heavy atom. The Labute approximate surface area is 165 Å². The number of hydrogen-bond acceptors (Lipinski definition) is 7. The smallest absolute Gasteiger partial charge is 0.229 e. The van der Waals surface area contributed by atoms with Gasteiger partial charge in [0, 0.05) is 19.7 Å². The van der Waals surface area contributed by atoms with Crippen LogP contribution in [0.4, 0.5) is 0 Å². The average molecular weight is 394 g/mol. The topological polar surface area (TPSA) is 111 Å². The summed E-state index contributed by atoms with van der Waals surface area (Å²) in [6.07, 6.45) is 0.377. The Balaban J connectivity index is 1.75. The van der Waals surface area contributed by atoms with Gasteiger partial charge in [0.05, 0.1) is 50.5 Å². The Kier molecular flexibility index (Phi) is 6.90. The second-order valence-corrected chi connectivity index (χ2v) is 7.74. The predicted molar refractivity (Wildman–Crippen MR) is 102 cm³/mol. The summed E-state index contributed by atoms with van der Waals surface area (Å²) in [6.45, 7) is 1.30. The van der Waals surface area contributed by atoms with E-state index in [1.54, 1.807) is 7.11 Å². The molecule has 8 heteroatoms. The van der Waals surface area contributed by atoms with Crippen molar-refractivity contribution in [3.05, 3.63) is 29.8 Å². The van der Waals surface area contributed by atoms with Crippen LogP contribution in [0, 0.1) is 5.41 Å². The van der Waals surface area contributed by atoms with Gasteiger partial charge in [0.15, 0.2) is 0 Å². The molecule has 2 saturated heterocycles. The summed E-state index contributed by atoms with van der Waals surface area (Å²) in [4.78, 5) is 15.1. The lowest BCUT2D eigenvalue weighted by molar-refractivity contribution is -0.150. The summed E-state index contributed by atoms with van der Waals surface area (Å²) in [5.74, 6) is 0.583. The number of likely N-dealkylation sites (tertiary alicyclic amines) is 1. The summed E-state index contributed by atoms with van der Waals surface area (Å²) in [5.41, 5.74) is 0.269. The minimum atomic E-state index is -0.702. The van der Waals surface area contributed by atoms with Gasteiger partial charge in [-0.3, -0.25) is 9.69 Å². The first-order valence-corrected chi connectivity index (χ1v) is 9.67. The van der Waals surface area contributed by atoms with E-state index < -0.39 is 17.6 Å². The van der Waals surface area contributed by atoms with Gasteiger partial charge in [-0.2, -0.15) is 0 Å². The number of nitrogens with zero attached hydrogens (tertiary/aromatic N) is 1. The van der Waals surface area contributed by atoms with E-state index in [0.717, 1.165) is 11.3 Å². The molecule has 0 aliphatic carbocycles. The molecule has 0 unspecified atom stereocenters. The lowest BCUT2D eigenvalue weighted by Crippen LogP contribution is -2.69. The molecule has 1 aromatic rings. The molecule has 0 bridgehead atoms. The Morgan fingerprint density at radius 3 is 2.79 bits per heavy atom. The summed E-state index contributed by atoms with van der Waals surface area (Å²) in [7, 11) is 1.60. The molecular formula is C20H30N2O6. The molecule has 0 radical (unpaired) electrons. The third kappa shape index (κ3) is 4.47. The van der Waals surface area contributed by atoms with Gasteiger partial charge < -0.3 is 30.1 Å². The molecule has 4 N–H and O–H groups in total. The second-order valence-electron chi connectivity index (χ2n) is 7.74. The number of carbonyl (C=O) groups excluding carboxylic acids is 1. The van der Waals surface area contributed by atoms with Gasteiger partial charge in [0.2, 0.25) is 5.91 Å². The minimum Gasteiger partial charge on any atom is -0.497 e. The number of ether oxygens (including phenoxy) is 2. The van der Waals surface area contributed by atoms with Gasteiger partial charge in [-0.05, 0) is 30.5 Å². The first kappa shape index (κ1) is 21.0. The van der Waals surface area contributed by atoms with Crippen LogP contribution in [-0.2, 0) is 16.0 Å². The number of hydrogen-bond donors (Lipinski definition) is 4. The molecule has 1 amide bonds. The van der Waals surface area contributed by atoms with Crippen LogP contribution in [-0.4, -0.2) is 90.9 Å². The van der Waals surface area contributed by atoms with Crippen molar-refractivity contribution in [1.29, 1.82) is 0 Å². The van der Waals surface area contributed by atoms with Gasteiger partial charge in [-0.25, -0.2) is 0 Å². The van der Waals surface area contributed by atoms with Crippen LogP contribution in [0.1, 0.15) is 12.0 Å². The number of aliphatic hydroxyl groups excluding tert-OH is 3. The molecule has 28 heavy (non-hydrogen) atoms. The zero-order valence-electron chi connectivity index (χ0n) is 16.2. The Morgan fingerprint density at radius 1 is 1.39 bits per heavy atom. The van der Waals surface area contributed by atoms with Crippen LogP contribution in [0.3, 0.4) is 0 Å². The van der Waals surface area contributed by atoms with Gasteiger partial charge in [0.1, 0.15) is 5.75 Å². The Hall–Kier alpha value is -1.71. The molecule has 1 aromatic carbocycles. The molecule has 2 fully saturated rings. The average Bonchev–Trinajstić information content (AvgIpc) is 2.68. The SMILES string of the molecule is COc1cccc(CC2(C(=O)N[C@@H]3COCC[C@H]3O)CN(C(CO)CO)C2)c1. The van der Waals surface area contributed by atoms with Crippen molar-refractivity contribution >= 4 is 5.91 Å². The van der Waals surface area contributed by atoms with E-state index in [1.807, 2.05) is 29.2 Å². The summed E-state index contributed by atoms with van der Waals surface area (Å²) in [5, 5.41) is 32.0. The quantitative estimate of drug-likeness (QED) is 0.455. The molecule has 2 atom stereocenters. The standard InChI is InChI=1S/C20H30N2O6/c1-27-16-4-2-3-14(7-16)8-20(12-22(13-20)15(9-23)10-24)19(26)21-17-11-28-6-5-18(17)25/h2-4,7,15,17-18,23-25H,5-6,8-13H2,1H3,(H,21,26)/t17-,18-/m1/s1. The fourth-order valence-electron chi connectivity index (χ4n) is 3.97. The summed E-state index contributed by atoms with van der Waals surface area (Å²) < 4.78 is 10.7. The van der Waals surface area contributed by atoms with E-state index in [1.165, 1.54) is 0 Å². The highest BCUT2D eigenvalue weighted by molar-refractivity contribution is 5.85. The first-order chi connectivity index (χ1) is 13.5. The molecule has 2 heterocycles. The minimum absolute atomic E-state index is 0.143. The number of methoxy groups -OCH3 is 1. The molecule has 0 saturated carbocycles. The lowest BCUT2D eigenvalue weighted by Gasteiger charge is -2.52. The highest BCUT2D eigenvalue weighted by Crippen LogP contribution is 2.37. The fourth-order valence-corrected chi connectivity index (χ4v) is 3.97. The van der Waals surface area contributed by atoms with Gasteiger partial charge in [0.25, 0.3) is 0 Å². The number of benzene rings is 1. The molecule has 156 valence electrons. The van der Waals surface area contributed by atoms with E-state index in [-0.39, 0.29) is 25.2 Å². The highest BCUT2D eigenvalue weighted by atomic mass is 16.5. The maximum atomic E-state index is 13.2. The van der Waals surface area contributed by atoms with Crippen molar-refractivity contribution in [1.82, 2.24) is 10.2 Å². The van der Waals surface area contributed by atoms with E-state index in [4.69, 9.17) is 9.47 Å². The van der Waals surface area contributed by atoms with Crippen LogP contribution in [0.15, 0.2) is 24.3 Å². The monoisotopic (exact) mass is 394 g/mol. The van der Waals surface area contributed by atoms with Crippen molar-refractivity contribution < 1.29 is 29.6 Å². The third-order valence-electron chi connectivity index (χ3n) is 5.74. The largest absolute Gasteiger partial charge is 0.497 e. The van der Waals surface area contributed by atoms with E-state index in [0.29, 0.717) is 39.1 Å². The lowest BCUT2D eigenvalue weighted by atomic mass is 9.72. The van der Waals surface area contributed by atoms with Crippen LogP contribution in [0.2, 0.25) is 0 Å². The normalized spacial score (nSPS) is 24.6. The predicted octanol–water partition coefficient (Wildman–Crippen LogP) is -0.841. The van der Waals surface area contributed by atoms with Crippen molar-refractivity contribution in [3.63, 3.8) is 0 Å². The molecule has 2 aliphatic heterocycles. The number of rotatable bonds is 8. The molecule has 3 rings (SSSR count). The van der Waals surface area contributed by atoms with E-state index in [2.05, 4.69) is 5.32 Å². The number of amides is 1. The maximum absolute atomic E-state index is 13.2. The van der Waals surface area contributed by atoms with Crippen molar-refractivity contribution in [2.75, 3.05) is 46.6 Å². The summed E-state index contributed by atoms with van der Waals surface area (Å²) >= 11 is 0. The van der Waals surface area contributed by atoms with E-state index >= 15 is 0 Å². The van der Waals surface area contributed by atoms with E-state index in [9.17, 15) is 20.1 Å². The zero-order chi connectivity index (χ0) is 20.1. The molecular weight excluding hydrogens is 364 g/mol. The van der Waals surface area contributed by atoms with Crippen LogP contribution >= 0.6 is 0 Å².